The molecule has 1 heterocycles. The summed E-state index contributed by atoms with van der Waals surface area (Å²) < 4.78 is 38.8. The molecule has 2 rings (SSSR count). The fourth-order valence-corrected chi connectivity index (χ4v) is 3.02. The average molecular weight is 366 g/mol. The number of nitro benzene ring substituents is 1. The lowest BCUT2D eigenvalue weighted by Gasteiger charge is -2.28. The first kappa shape index (κ1) is 18.3. The molecule has 0 radical (unpaired) electrons. The highest BCUT2D eigenvalue weighted by Gasteiger charge is 2.40. The number of nitrogens with zero attached hydrogens (tertiary/aromatic N) is 3. The van der Waals surface area contributed by atoms with E-state index in [0.29, 0.717) is 25.5 Å². The van der Waals surface area contributed by atoms with Gasteiger partial charge in [-0.15, -0.1) is 0 Å². The summed E-state index contributed by atoms with van der Waals surface area (Å²) in [6.45, 7) is 0.326. The molecular weight excluding hydrogens is 351 g/mol. The Kier molecular flexibility index (Phi) is 4.93. The molecule has 6 nitrogen and oxygen atoms in total. The molecule has 1 aromatic carbocycles. The fourth-order valence-electron chi connectivity index (χ4n) is 2.75. The molecule has 1 aromatic rings. The highest BCUT2D eigenvalue weighted by molar-refractivity contribution is 6.32. The van der Waals surface area contributed by atoms with E-state index in [4.69, 9.17) is 11.6 Å². The maximum absolute atomic E-state index is 12.9. The van der Waals surface area contributed by atoms with E-state index in [-0.39, 0.29) is 11.6 Å². The Bertz CT molecular complexity index is 679. The van der Waals surface area contributed by atoms with E-state index in [1.54, 1.807) is 14.1 Å². The number of halogens is 4. The van der Waals surface area contributed by atoms with Crippen LogP contribution in [0.1, 0.15) is 18.4 Å². The van der Waals surface area contributed by atoms with Crippen molar-refractivity contribution in [2.45, 2.75) is 25.1 Å². The van der Waals surface area contributed by atoms with Gasteiger partial charge in [0.05, 0.1) is 15.5 Å². The van der Waals surface area contributed by atoms with Crippen LogP contribution in [0, 0.1) is 10.1 Å². The Morgan fingerprint density at radius 3 is 2.54 bits per heavy atom. The molecule has 0 saturated carbocycles. The Labute approximate surface area is 140 Å². The number of carbonyl (C=O) groups excluding carboxylic acids is 1. The minimum Gasteiger partial charge on any atom is -0.354 e. The quantitative estimate of drug-likeness (QED) is 0.608. The van der Waals surface area contributed by atoms with Crippen molar-refractivity contribution in [3.63, 3.8) is 0 Å². The number of likely N-dealkylation sites (N-methyl/N-ethyl adjacent to an activating group) is 1. The largest absolute Gasteiger partial charge is 0.418 e. The molecule has 1 fully saturated rings. The number of hydrogen-bond donors (Lipinski definition) is 0. The van der Waals surface area contributed by atoms with Gasteiger partial charge in [-0.3, -0.25) is 14.9 Å². The average Bonchev–Trinajstić information content (AvgIpc) is 2.93. The van der Waals surface area contributed by atoms with Crippen molar-refractivity contribution in [3.8, 4) is 0 Å². The van der Waals surface area contributed by atoms with Crippen LogP contribution in [0.15, 0.2) is 12.1 Å². The lowest BCUT2D eigenvalue weighted by atomic mass is 10.1. The van der Waals surface area contributed by atoms with Gasteiger partial charge < -0.3 is 9.80 Å². The summed E-state index contributed by atoms with van der Waals surface area (Å²) in [5, 5.41) is 10.6. The van der Waals surface area contributed by atoms with Gasteiger partial charge in [-0.05, 0) is 18.9 Å². The van der Waals surface area contributed by atoms with Gasteiger partial charge in [0, 0.05) is 26.7 Å². The fraction of sp³-hybridized carbons (Fsp3) is 0.500. The van der Waals surface area contributed by atoms with Crippen molar-refractivity contribution in [1.29, 1.82) is 0 Å². The van der Waals surface area contributed by atoms with E-state index in [1.165, 1.54) is 9.80 Å². The zero-order valence-electron chi connectivity index (χ0n) is 12.9. The number of anilines is 1. The summed E-state index contributed by atoms with van der Waals surface area (Å²) in [6.07, 6.45) is -3.74. The smallest absolute Gasteiger partial charge is 0.354 e. The Morgan fingerprint density at radius 1 is 1.42 bits per heavy atom. The van der Waals surface area contributed by atoms with Crippen molar-refractivity contribution in [3.05, 3.63) is 32.8 Å². The Balaban J connectivity index is 2.55. The molecule has 1 atom stereocenters. The summed E-state index contributed by atoms with van der Waals surface area (Å²) in [6, 6.07) is 0.684. The lowest BCUT2D eigenvalue weighted by Crippen LogP contribution is -2.43. The van der Waals surface area contributed by atoms with Gasteiger partial charge in [0.15, 0.2) is 0 Å². The predicted octanol–water partition coefficient (Wildman–Crippen LogP) is 3.32. The summed E-state index contributed by atoms with van der Waals surface area (Å²) in [7, 11) is 3.10. The van der Waals surface area contributed by atoms with Crippen molar-refractivity contribution in [1.82, 2.24) is 4.90 Å². The van der Waals surface area contributed by atoms with Crippen LogP contribution in [0.5, 0.6) is 0 Å². The number of alkyl halides is 3. The highest BCUT2D eigenvalue weighted by Crippen LogP contribution is 2.43. The van der Waals surface area contributed by atoms with E-state index in [2.05, 4.69) is 0 Å². The predicted molar refractivity (Wildman–Crippen MR) is 82.2 cm³/mol. The summed E-state index contributed by atoms with van der Waals surface area (Å²) in [5.74, 6) is -0.266. The molecule has 0 aliphatic carbocycles. The summed E-state index contributed by atoms with van der Waals surface area (Å²) >= 11 is 5.69. The molecule has 132 valence electrons. The van der Waals surface area contributed by atoms with Crippen LogP contribution in [0.3, 0.4) is 0 Å². The molecule has 0 spiro atoms. The maximum Gasteiger partial charge on any atom is 0.418 e. The van der Waals surface area contributed by atoms with E-state index in [9.17, 15) is 28.1 Å². The third kappa shape index (κ3) is 3.40. The minimum atomic E-state index is -4.80. The monoisotopic (exact) mass is 365 g/mol. The van der Waals surface area contributed by atoms with Crippen LogP contribution >= 0.6 is 11.6 Å². The van der Waals surface area contributed by atoms with Crippen LogP contribution in [0.25, 0.3) is 0 Å². The zero-order valence-corrected chi connectivity index (χ0v) is 13.7. The van der Waals surface area contributed by atoms with Gasteiger partial charge in [0.1, 0.15) is 11.7 Å². The van der Waals surface area contributed by atoms with Gasteiger partial charge in [-0.1, -0.05) is 11.6 Å². The van der Waals surface area contributed by atoms with Crippen LogP contribution < -0.4 is 4.90 Å². The number of hydrogen-bond acceptors (Lipinski definition) is 4. The van der Waals surface area contributed by atoms with E-state index in [0.717, 1.165) is 6.07 Å². The zero-order chi connectivity index (χ0) is 18.2. The Morgan fingerprint density at radius 2 is 2.04 bits per heavy atom. The third-order valence-corrected chi connectivity index (χ3v) is 4.17. The normalized spacial score (nSPS) is 17.9. The van der Waals surface area contributed by atoms with E-state index in [1.807, 2.05) is 0 Å². The van der Waals surface area contributed by atoms with Crippen LogP contribution in [0.2, 0.25) is 5.02 Å². The SMILES string of the molecule is CN(C)C(=O)C1CCCN1c1cc(Cl)c(C(F)(F)F)cc1[N+](=O)[O-]. The van der Waals surface area contributed by atoms with Crippen molar-refractivity contribution in [2.75, 3.05) is 25.5 Å². The van der Waals surface area contributed by atoms with Gasteiger partial charge in [0.25, 0.3) is 5.69 Å². The van der Waals surface area contributed by atoms with E-state index >= 15 is 0 Å². The summed E-state index contributed by atoms with van der Waals surface area (Å²) in [4.78, 5) is 25.4. The number of rotatable bonds is 3. The number of amides is 1. The van der Waals surface area contributed by atoms with Gasteiger partial charge in [-0.2, -0.15) is 13.2 Å². The molecule has 1 aliphatic rings. The molecule has 0 aromatic heterocycles. The van der Waals surface area contributed by atoms with Crippen LogP contribution in [0.4, 0.5) is 24.5 Å². The minimum absolute atomic E-state index is 0.0734. The molecule has 1 aliphatic heterocycles. The van der Waals surface area contributed by atoms with E-state index < -0.39 is 33.4 Å². The van der Waals surface area contributed by atoms with Gasteiger partial charge >= 0.3 is 6.18 Å². The van der Waals surface area contributed by atoms with Crippen molar-refractivity contribution >= 4 is 28.9 Å². The molecule has 1 amide bonds. The second kappa shape index (κ2) is 6.46. The number of carbonyl (C=O) groups is 1. The Hall–Kier alpha value is -2.03. The molecule has 10 heteroatoms. The molecular formula is C14H15ClF3N3O3. The van der Waals surface area contributed by atoms with Crippen LogP contribution in [-0.4, -0.2) is 42.4 Å². The van der Waals surface area contributed by atoms with Gasteiger partial charge in [-0.25, -0.2) is 0 Å². The standard InChI is InChI=1S/C14H15ClF3N3O3/c1-19(2)13(22)10-4-3-5-20(10)11-7-9(15)8(14(16,17)18)6-12(11)21(23)24/h6-7,10H,3-5H2,1-2H3. The van der Waals surface area contributed by atoms with Crippen molar-refractivity contribution < 1.29 is 22.9 Å². The first-order valence-corrected chi connectivity index (χ1v) is 7.44. The van der Waals surface area contributed by atoms with Crippen molar-refractivity contribution in [2.24, 2.45) is 0 Å². The third-order valence-electron chi connectivity index (χ3n) is 3.85. The lowest BCUT2D eigenvalue weighted by molar-refractivity contribution is -0.384. The number of nitro groups is 1. The first-order chi connectivity index (χ1) is 11.0. The molecule has 1 unspecified atom stereocenters. The maximum atomic E-state index is 12.9. The first-order valence-electron chi connectivity index (χ1n) is 7.07. The highest BCUT2D eigenvalue weighted by atomic mass is 35.5. The molecule has 0 N–H and O–H groups in total. The molecule has 1 saturated heterocycles. The second-order valence-electron chi connectivity index (χ2n) is 5.66. The topological polar surface area (TPSA) is 66.7 Å². The molecule has 0 bridgehead atoms. The van der Waals surface area contributed by atoms with Crippen LogP contribution in [-0.2, 0) is 11.0 Å². The summed E-state index contributed by atoms with van der Waals surface area (Å²) in [5.41, 5.74) is -2.06. The number of benzene rings is 1. The second-order valence-corrected chi connectivity index (χ2v) is 6.07. The molecule has 24 heavy (non-hydrogen) atoms. The van der Waals surface area contributed by atoms with Gasteiger partial charge in [0.2, 0.25) is 5.91 Å².